The van der Waals surface area contributed by atoms with Gasteiger partial charge in [0.1, 0.15) is 5.78 Å². The van der Waals surface area contributed by atoms with Gasteiger partial charge in [0, 0.05) is 12.7 Å². The highest BCUT2D eigenvalue weighted by atomic mass is 32.2. The van der Waals surface area contributed by atoms with E-state index in [-0.39, 0.29) is 12.3 Å². The molecule has 0 saturated carbocycles. The van der Waals surface area contributed by atoms with Gasteiger partial charge in [-0.2, -0.15) is 0 Å². The minimum atomic E-state index is -4.25. The number of aryl methyl sites for hydroxylation is 1. The molecule has 0 bridgehead atoms. The lowest BCUT2D eigenvalue weighted by Crippen LogP contribution is -2.41. The number of benzene rings is 2. The smallest absolute Gasteiger partial charge is 0.311 e. The molecular weight excluding hydrogens is 463 g/mol. The fourth-order valence-corrected chi connectivity index (χ4v) is 8.15. The number of nitrogens with two attached hydrogens (primary N) is 1. The lowest BCUT2D eigenvalue weighted by atomic mass is 9.99. The van der Waals surface area contributed by atoms with Crippen LogP contribution in [0.5, 0.6) is 0 Å². The van der Waals surface area contributed by atoms with E-state index in [0.29, 0.717) is 24.0 Å². The maximum absolute atomic E-state index is 13.3. The highest BCUT2D eigenvalue weighted by molar-refractivity contribution is 7.89. The average molecular weight is 497 g/mol. The van der Waals surface area contributed by atoms with E-state index >= 15 is 0 Å². The molecule has 0 aliphatic carbocycles. The molecule has 0 amide bonds. The Labute approximate surface area is 195 Å². The zero-order valence-corrected chi connectivity index (χ0v) is 20.6. The van der Waals surface area contributed by atoms with Crippen LogP contribution >= 0.6 is 7.37 Å². The van der Waals surface area contributed by atoms with Gasteiger partial charge >= 0.3 is 5.97 Å². The summed E-state index contributed by atoms with van der Waals surface area (Å²) in [6.45, 7) is 3.46. The highest BCUT2D eigenvalue weighted by Gasteiger charge is 2.40. The number of carboxylic acid groups (broad SMARTS) is 1. The SMILES string of the molecule is CC(C)[C@H](NS(=O)(=O)CCCc1ccccc1)P(=O)(O)CC(C(=O)O)c1cccc(CN)c1. The molecule has 0 heterocycles. The Kier molecular flexibility index (Phi) is 9.82. The van der Waals surface area contributed by atoms with Gasteiger partial charge in [0.2, 0.25) is 17.4 Å². The van der Waals surface area contributed by atoms with Gasteiger partial charge in [0.15, 0.2) is 0 Å². The van der Waals surface area contributed by atoms with Crippen molar-refractivity contribution in [2.24, 2.45) is 11.7 Å². The Balaban J connectivity index is 2.15. The van der Waals surface area contributed by atoms with Crippen molar-refractivity contribution in [3.05, 3.63) is 71.3 Å². The molecule has 0 fully saturated rings. The number of hydrogen-bond acceptors (Lipinski definition) is 5. The number of sulfonamides is 1. The quantitative estimate of drug-likeness (QED) is 0.312. The number of rotatable bonds is 13. The molecule has 2 aromatic carbocycles. The van der Waals surface area contributed by atoms with Crippen molar-refractivity contribution in [3.63, 3.8) is 0 Å². The summed E-state index contributed by atoms with van der Waals surface area (Å²) in [4.78, 5) is 22.8. The van der Waals surface area contributed by atoms with Crippen LogP contribution in [-0.4, -0.2) is 42.1 Å². The number of carboxylic acids is 1. The van der Waals surface area contributed by atoms with Crippen LogP contribution in [0, 0.1) is 5.92 Å². The fourth-order valence-electron chi connectivity index (χ4n) is 3.68. The van der Waals surface area contributed by atoms with Gasteiger partial charge in [-0.1, -0.05) is 68.4 Å². The molecule has 2 aromatic rings. The van der Waals surface area contributed by atoms with Crippen molar-refractivity contribution in [2.75, 3.05) is 11.9 Å². The first-order valence-corrected chi connectivity index (χ1v) is 14.4. The normalized spacial score (nSPS) is 15.7. The summed E-state index contributed by atoms with van der Waals surface area (Å²) in [7, 11) is -8.10. The predicted molar refractivity (Wildman–Crippen MR) is 130 cm³/mol. The van der Waals surface area contributed by atoms with Crippen LogP contribution in [0.3, 0.4) is 0 Å². The maximum Gasteiger partial charge on any atom is 0.311 e. The van der Waals surface area contributed by atoms with Crippen LogP contribution in [0.1, 0.15) is 42.9 Å². The van der Waals surface area contributed by atoms with Crippen LogP contribution < -0.4 is 10.5 Å². The molecule has 0 aliphatic rings. The molecule has 2 rings (SSSR count). The average Bonchev–Trinajstić information content (AvgIpc) is 2.76. The summed E-state index contributed by atoms with van der Waals surface area (Å²) in [5.74, 6) is -4.54. The van der Waals surface area contributed by atoms with Crippen LogP contribution in [0.25, 0.3) is 0 Å². The van der Waals surface area contributed by atoms with E-state index in [2.05, 4.69) is 4.72 Å². The van der Waals surface area contributed by atoms with E-state index in [9.17, 15) is 27.8 Å². The second kappa shape index (κ2) is 11.9. The lowest BCUT2D eigenvalue weighted by molar-refractivity contribution is -0.138. The van der Waals surface area contributed by atoms with Gasteiger partial charge in [0.05, 0.1) is 11.7 Å². The van der Waals surface area contributed by atoms with Crippen molar-refractivity contribution < 1.29 is 27.8 Å². The van der Waals surface area contributed by atoms with E-state index in [1.165, 1.54) is 0 Å². The van der Waals surface area contributed by atoms with Gasteiger partial charge in [-0.25, -0.2) is 13.1 Å². The molecule has 0 aromatic heterocycles. The first kappa shape index (κ1) is 27.2. The second-order valence-corrected chi connectivity index (χ2v) is 12.8. The molecule has 3 atom stereocenters. The van der Waals surface area contributed by atoms with Crippen molar-refractivity contribution in [3.8, 4) is 0 Å². The standard InChI is InChI=1S/C23H33N2O6PS/c1-17(2)22(25-33(30,31)13-7-11-18-8-4-3-5-9-18)32(28,29)16-21(23(26)27)20-12-6-10-19(14-20)15-24/h3-6,8-10,12,14,17,21-22,25H,7,11,13,15-16,24H2,1-2H3,(H,26,27)(H,28,29)/t21?,22-/m1/s1. The number of carbonyl (C=O) groups is 1. The van der Waals surface area contributed by atoms with Crippen molar-refractivity contribution in [1.29, 1.82) is 0 Å². The maximum atomic E-state index is 13.3. The molecule has 10 heteroatoms. The Bertz CT molecular complexity index is 1080. The second-order valence-electron chi connectivity index (χ2n) is 8.49. The summed E-state index contributed by atoms with van der Waals surface area (Å²) >= 11 is 0. The molecule has 0 aliphatic heterocycles. The summed E-state index contributed by atoms with van der Waals surface area (Å²) < 4.78 is 41.1. The van der Waals surface area contributed by atoms with E-state index in [0.717, 1.165) is 5.56 Å². The van der Waals surface area contributed by atoms with Gasteiger partial charge in [-0.05, 0) is 35.4 Å². The monoisotopic (exact) mass is 496 g/mol. The third-order valence-corrected chi connectivity index (χ3v) is 9.52. The molecule has 0 spiro atoms. The Morgan fingerprint density at radius 3 is 2.30 bits per heavy atom. The van der Waals surface area contributed by atoms with E-state index in [4.69, 9.17) is 5.73 Å². The summed E-state index contributed by atoms with van der Waals surface area (Å²) in [6.07, 6.45) is 0.318. The topological polar surface area (TPSA) is 147 Å². The van der Waals surface area contributed by atoms with Crippen molar-refractivity contribution >= 4 is 23.4 Å². The Morgan fingerprint density at radius 2 is 1.73 bits per heavy atom. The molecule has 0 radical (unpaired) electrons. The van der Waals surface area contributed by atoms with Crippen molar-refractivity contribution in [2.45, 2.75) is 44.9 Å². The Morgan fingerprint density at radius 1 is 1.09 bits per heavy atom. The first-order valence-electron chi connectivity index (χ1n) is 10.8. The molecule has 8 nitrogen and oxygen atoms in total. The molecule has 5 N–H and O–H groups in total. The fraction of sp³-hybridized carbons (Fsp3) is 0.435. The highest BCUT2D eigenvalue weighted by Crippen LogP contribution is 2.51. The van der Waals surface area contributed by atoms with Crippen LogP contribution in [0.2, 0.25) is 0 Å². The van der Waals surface area contributed by atoms with Crippen LogP contribution in [0.15, 0.2) is 54.6 Å². The molecule has 0 saturated heterocycles. The van der Waals surface area contributed by atoms with E-state index < -0.39 is 47.1 Å². The Hall–Kier alpha value is -2.03. The van der Waals surface area contributed by atoms with Gasteiger partial charge in [-0.15, -0.1) is 0 Å². The molecule has 2 unspecified atom stereocenters. The third-order valence-electron chi connectivity index (χ3n) is 5.42. The molecule has 33 heavy (non-hydrogen) atoms. The molecule has 182 valence electrons. The number of nitrogens with one attached hydrogen (secondary N) is 1. The van der Waals surface area contributed by atoms with Gasteiger partial charge < -0.3 is 15.7 Å². The van der Waals surface area contributed by atoms with Gasteiger partial charge in [0.25, 0.3) is 0 Å². The minimum absolute atomic E-state index is 0.202. The summed E-state index contributed by atoms with van der Waals surface area (Å²) in [5, 5.41) is 9.73. The predicted octanol–water partition coefficient (Wildman–Crippen LogP) is 3.12. The first-order chi connectivity index (χ1) is 15.4. The minimum Gasteiger partial charge on any atom is -0.481 e. The van der Waals surface area contributed by atoms with Crippen LogP contribution in [-0.2, 0) is 32.3 Å². The van der Waals surface area contributed by atoms with E-state index in [1.807, 2.05) is 30.3 Å². The zero-order chi connectivity index (χ0) is 24.6. The number of aliphatic carboxylic acids is 1. The van der Waals surface area contributed by atoms with Gasteiger partial charge in [-0.3, -0.25) is 9.36 Å². The zero-order valence-electron chi connectivity index (χ0n) is 18.9. The van der Waals surface area contributed by atoms with Crippen LogP contribution in [0.4, 0.5) is 0 Å². The number of hydrogen-bond donors (Lipinski definition) is 4. The third kappa shape index (κ3) is 8.36. The molecular formula is C23H33N2O6PS. The summed E-state index contributed by atoms with van der Waals surface area (Å²) in [5.41, 5.74) is 7.69. The van der Waals surface area contributed by atoms with Crippen molar-refractivity contribution in [1.82, 2.24) is 4.72 Å². The summed E-state index contributed by atoms with van der Waals surface area (Å²) in [6, 6.07) is 16.0. The van der Waals surface area contributed by atoms with E-state index in [1.54, 1.807) is 38.1 Å². The largest absolute Gasteiger partial charge is 0.481 e. The lowest BCUT2D eigenvalue weighted by Gasteiger charge is -2.29.